The van der Waals surface area contributed by atoms with Crippen LogP contribution in [0.1, 0.15) is 30.8 Å². The molecule has 0 saturated heterocycles. The highest BCUT2D eigenvalue weighted by Crippen LogP contribution is 2.26. The molecule has 1 atom stereocenters. The summed E-state index contributed by atoms with van der Waals surface area (Å²) in [6.45, 7) is 5.92. The number of hydrogen-bond acceptors (Lipinski definition) is 7. The summed E-state index contributed by atoms with van der Waals surface area (Å²) in [5.41, 5.74) is 2.85. The maximum atomic E-state index is 12.5. The van der Waals surface area contributed by atoms with Gasteiger partial charge in [-0.25, -0.2) is 0 Å². The summed E-state index contributed by atoms with van der Waals surface area (Å²) < 4.78 is 12.8. The zero-order valence-corrected chi connectivity index (χ0v) is 21.4. The number of rotatable bonds is 11. The van der Waals surface area contributed by atoms with E-state index >= 15 is 0 Å². The van der Waals surface area contributed by atoms with Gasteiger partial charge in [0.15, 0.2) is 17.1 Å². The highest BCUT2D eigenvalue weighted by atomic mass is 32.2. The fourth-order valence-corrected chi connectivity index (χ4v) is 3.96. The molecule has 3 rings (SSSR count). The largest absolute Gasteiger partial charge is 0.495 e. The minimum atomic E-state index is -0.660. The van der Waals surface area contributed by atoms with Crippen LogP contribution >= 0.6 is 11.8 Å². The summed E-state index contributed by atoms with van der Waals surface area (Å²) in [5.74, 6) is 1.52. The quantitative estimate of drug-likeness (QED) is 0.390. The average Bonchev–Trinajstić information content (AvgIpc) is 3.20. The predicted molar refractivity (Wildman–Crippen MR) is 136 cm³/mol. The maximum Gasteiger partial charge on any atom is 0.261 e. The molecule has 0 bridgehead atoms. The normalized spacial score (nSPS) is 11.6. The van der Waals surface area contributed by atoms with E-state index in [2.05, 4.69) is 27.8 Å². The molecule has 2 aromatic carbocycles. The predicted octanol–water partition coefficient (Wildman–Crippen LogP) is 3.51. The highest BCUT2D eigenvalue weighted by Gasteiger charge is 2.17. The number of hydrogen-bond donors (Lipinski definition) is 2. The van der Waals surface area contributed by atoms with E-state index in [1.54, 1.807) is 25.6 Å². The van der Waals surface area contributed by atoms with Gasteiger partial charge in [0.2, 0.25) is 5.91 Å². The summed E-state index contributed by atoms with van der Waals surface area (Å²) in [6.07, 6.45) is 0.285. The number of methoxy groups -OCH3 is 1. The second-order valence-electron chi connectivity index (χ2n) is 7.97. The van der Waals surface area contributed by atoms with Crippen LogP contribution in [0, 0.1) is 6.92 Å². The van der Waals surface area contributed by atoms with E-state index in [4.69, 9.17) is 9.47 Å². The Morgan fingerprint density at radius 2 is 1.89 bits per heavy atom. The lowest BCUT2D eigenvalue weighted by Crippen LogP contribution is -2.36. The third-order valence-corrected chi connectivity index (χ3v) is 6.34. The van der Waals surface area contributed by atoms with Crippen molar-refractivity contribution in [2.75, 3.05) is 18.2 Å². The van der Waals surface area contributed by atoms with Crippen molar-refractivity contribution in [2.45, 2.75) is 45.0 Å². The summed E-state index contributed by atoms with van der Waals surface area (Å²) in [5, 5.41) is 14.5. The van der Waals surface area contributed by atoms with Crippen LogP contribution < -0.4 is 20.1 Å². The number of aryl methyl sites for hydroxylation is 2. The molecule has 0 spiro atoms. The molecule has 9 nitrogen and oxygen atoms in total. The summed E-state index contributed by atoms with van der Waals surface area (Å²) in [4.78, 5) is 24.9. The lowest BCUT2D eigenvalue weighted by molar-refractivity contribution is -0.127. The van der Waals surface area contributed by atoms with Crippen molar-refractivity contribution < 1.29 is 19.1 Å². The van der Waals surface area contributed by atoms with E-state index in [-0.39, 0.29) is 24.1 Å². The molecule has 0 unspecified atom stereocenters. The lowest BCUT2D eigenvalue weighted by atomic mass is 10.2. The zero-order valence-electron chi connectivity index (χ0n) is 20.6. The van der Waals surface area contributed by atoms with Gasteiger partial charge in [0, 0.05) is 7.05 Å². The van der Waals surface area contributed by atoms with Crippen LogP contribution in [-0.2, 0) is 29.6 Å². The van der Waals surface area contributed by atoms with E-state index in [0.29, 0.717) is 28.2 Å². The summed E-state index contributed by atoms with van der Waals surface area (Å²) >= 11 is 1.26. The fourth-order valence-electron chi connectivity index (χ4n) is 3.23. The SMILES string of the molecule is CCc1ccc(O[C@H](C)C(=O)NCc2nnc(SCC(=O)Nc3cc(C)ccc3OC)n2C)cc1. The molecule has 3 aromatic rings. The average molecular weight is 498 g/mol. The molecule has 0 aliphatic rings. The highest BCUT2D eigenvalue weighted by molar-refractivity contribution is 7.99. The van der Waals surface area contributed by atoms with Crippen molar-refractivity contribution in [2.24, 2.45) is 7.05 Å². The van der Waals surface area contributed by atoms with Crippen molar-refractivity contribution in [1.29, 1.82) is 0 Å². The van der Waals surface area contributed by atoms with Crippen LogP contribution in [0.25, 0.3) is 0 Å². The Hall–Kier alpha value is -3.53. The topological polar surface area (TPSA) is 107 Å². The van der Waals surface area contributed by atoms with Crippen LogP contribution in [0.2, 0.25) is 0 Å². The van der Waals surface area contributed by atoms with Gasteiger partial charge < -0.3 is 24.7 Å². The molecule has 0 aliphatic heterocycles. The number of thioether (sulfide) groups is 1. The second kappa shape index (κ2) is 12.3. The second-order valence-corrected chi connectivity index (χ2v) is 8.92. The minimum absolute atomic E-state index is 0.150. The van der Waals surface area contributed by atoms with Gasteiger partial charge in [-0.2, -0.15) is 0 Å². The van der Waals surface area contributed by atoms with Crippen molar-refractivity contribution in [1.82, 2.24) is 20.1 Å². The number of ether oxygens (including phenoxy) is 2. The molecule has 186 valence electrons. The molecule has 35 heavy (non-hydrogen) atoms. The Labute approximate surface area is 209 Å². The van der Waals surface area contributed by atoms with Gasteiger partial charge in [0.05, 0.1) is 25.1 Å². The number of anilines is 1. The molecule has 1 heterocycles. The molecule has 0 radical (unpaired) electrons. The number of carbonyl (C=O) groups excluding carboxylic acids is 2. The van der Waals surface area contributed by atoms with Gasteiger partial charge >= 0.3 is 0 Å². The van der Waals surface area contributed by atoms with Crippen molar-refractivity contribution in [3.8, 4) is 11.5 Å². The van der Waals surface area contributed by atoms with E-state index in [9.17, 15) is 9.59 Å². The van der Waals surface area contributed by atoms with Gasteiger partial charge in [-0.3, -0.25) is 9.59 Å². The zero-order chi connectivity index (χ0) is 25.4. The fraction of sp³-hybridized carbons (Fsp3) is 0.360. The Morgan fingerprint density at radius 3 is 2.57 bits per heavy atom. The molecule has 10 heteroatoms. The number of nitrogens with zero attached hydrogens (tertiary/aromatic N) is 3. The number of aromatic nitrogens is 3. The van der Waals surface area contributed by atoms with E-state index < -0.39 is 6.10 Å². The summed E-state index contributed by atoms with van der Waals surface area (Å²) in [6, 6.07) is 13.3. The Morgan fingerprint density at radius 1 is 1.14 bits per heavy atom. The van der Waals surface area contributed by atoms with Gasteiger partial charge in [0.1, 0.15) is 11.5 Å². The number of benzene rings is 2. The van der Waals surface area contributed by atoms with Crippen LogP contribution in [0.5, 0.6) is 11.5 Å². The smallest absolute Gasteiger partial charge is 0.261 e. The minimum Gasteiger partial charge on any atom is -0.495 e. The molecule has 2 N–H and O–H groups in total. The van der Waals surface area contributed by atoms with Crippen molar-refractivity contribution in [3.05, 3.63) is 59.4 Å². The molecule has 2 amide bonds. The Kier molecular flexibility index (Phi) is 9.13. The van der Waals surface area contributed by atoms with Crippen LogP contribution in [0.4, 0.5) is 5.69 Å². The van der Waals surface area contributed by atoms with E-state index in [0.717, 1.165) is 12.0 Å². The van der Waals surface area contributed by atoms with E-state index in [1.165, 1.54) is 17.3 Å². The Balaban J connectivity index is 1.49. The molecule has 0 saturated carbocycles. The van der Waals surface area contributed by atoms with Gasteiger partial charge in [-0.1, -0.05) is 36.9 Å². The van der Waals surface area contributed by atoms with Crippen LogP contribution in [0.3, 0.4) is 0 Å². The lowest BCUT2D eigenvalue weighted by Gasteiger charge is -2.15. The first kappa shape index (κ1) is 26.1. The first-order valence-electron chi connectivity index (χ1n) is 11.3. The third kappa shape index (κ3) is 7.22. The van der Waals surface area contributed by atoms with Crippen LogP contribution in [-0.4, -0.2) is 45.5 Å². The van der Waals surface area contributed by atoms with Gasteiger partial charge in [0.25, 0.3) is 5.91 Å². The number of nitrogens with one attached hydrogen (secondary N) is 2. The first-order chi connectivity index (χ1) is 16.8. The molecular formula is C25H31N5O4S. The van der Waals surface area contributed by atoms with Gasteiger partial charge in [-0.05, 0) is 55.7 Å². The number of carbonyl (C=O) groups is 2. The van der Waals surface area contributed by atoms with Crippen LogP contribution in [0.15, 0.2) is 47.6 Å². The first-order valence-corrected chi connectivity index (χ1v) is 12.3. The Bertz CT molecular complexity index is 1160. The molecular weight excluding hydrogens is 466 g/mol. The monoisotopic (exact) mass is 497 g/mol. The number of amides is 2. The molecule has 1 aromatic heterocycles. The van der Waals surface area contributed by atoms with E-state index in [1.807, 2.05) is 49.4 Å². The molecule has 0 aliphatic carbocycles. The maximum absolute atomic E-state index is 12.5. The van der Waals surface area contributed by atoms with Crippen molar-refractivity contribution >= 4 is 29.3 Å². The van der Waals surface area contributed by atoms with Gasteiger partial charge in [-0.15, -0.1) is 10.2 Å². The third-order valence-electron chi connectivity index (χ3n) is 5.32. The van der Waals surface area contributed by atoms with Crippen molar-refractivity contribution in [3.63, 3.8) is 0 Å². The molecule has 0 fully saturated rings. The standard InChI is InChI=1S/C25H31N5O4S/c1-6-18-8-10-19(11-9-18)34-17(3)24(32)26-14-22-28-29-25(30(22)4)35-15-23(31)27-20-13-16(2)7-12-21(20)33-5/h7-13,17H,6,14-15H2,1-5H3,(H,26,32)(H,27,31)/t17-/m1/s1. The summed E-state index contributed by atoms with van der Waals surface area (Å²) in [7, 11) is 3.35.